The Morgan fingerprint density at radius 3 is 2.64 bits per heavy atom. The molecule has 0 radical (unpaired) electrons. The summed E-state index contributed by atoms with van der Waals surface area (Å²) in [6.45, 7) is 6.89. The Bertz CT molecular complexity index is 1550. The summed E-state index contributed by atoms with van der Waals surface area (Å²) in [7, 11) is 1.30. The molecule has 3 fully saturated rings. The maximum absolute atomic E-state index is 14.0. The minimum Gasteiger partial charge on any atom is -0.480 e. The van der Waals surface area contributed by atoms with Gasteiger partial charge in [-0.3, -0.25) is 19.6 Å². The van der Waals surface area contributed by atoms with Gasteiger partial charge in [0.1, 0.15) is 17.9 Å². The lowest BCUT2D eigenvalue weighted by Crippen LogP contribution is -2.53. The number of piperazine rings is 1. The number of aliphatic imine (C=N–C) groups is 1. The molecule has 3 unspecified atom stereocenters. The van der Waals surface area contributed by atoms with E-state index in [0.29, 0.717) is 67.8 Å². The predicted molar refractivity (Wildman–Crippen MR) is 166 cm³/mol. The number of likely N-dealkylation sites (tertiary alicyclic amines) is 1. The monoisotopic (exact) mass is 659 g/mol. The Hall–Kier alpha value is -3.59. The molecular weight excluding hydrogens is 625 g/mol. The number of urea groups is 1. The summed E-state index contributed by atoms with van der Waals surface area (Å²) in [6.07, 6.45) is 2.06. The van der Waals surface area contributed by atoms with E-state index < -0.39 is 29.8 Å². The zero-order chi connectivity index (χ0) is 32.0. The normalized spacial score (nSPS) is 25.9. The fourth-order valence-electron chi connectivity index (χ4n) is 6.82. The van der Waals surface area contributed by atoms with Crippen LogP contribution >= 0.6 is 22.9 Å². The number of carboxylic acids is 1. The van der Waals surface area contributed by atoms with Gasteiger partial charge in [-0.15, -0.1) is 11.3 Å². The average molecular weight is 660 g/mol. The van der Waals surface area contributed by atoms with Gasteiger partial charge in [-0.25, -0.2) is 19.0 Å². The Balaban J connectivity index is 1.25. The molecule has 5 heterocycles. The van der Waals surface area contributed by atoms with Crippen molar-refractivity contribution in [3.05, 3.63) is 62.5 Å². The minimum absolute atomic E-state index is 0.0542. The van der Waals surface area contributed by atoms with Crippen LogP contribution in [0, 0.1) is 5.82 Å². The van der Waals surface area contributed by atoms with Crippen LogP contribution in [-0.2, 0) is 14.3 Å². The van der Waals surface area contributed by atoms with E-state index in [9.17, 15) is 23.9 Å². The van der Waals surface area contributed by atoms with Crippen LogP contribution < -0.4 is 5.32 Å². The van der Waals surface area contributed by atoms with Gasteiger partial charge < -0.3 is 25.0 Å². The number of benzene rings is 1. The molecule has 4 aliphatic heterocycles. The van der Waals surface area contributed by atoms with Crippen molar-refractivity contribution in [1.82, 2.24) is 29.9 Å². The zero-order valence-corrected chi connectivity index (χ0v) is 26.7. The summed E-state index contributed by atoms with van der Waals surface area (Å²) in [5.74, 6) is -1.49. The number of hydrogen-bond acceptors (Lipinski definition) is 10. The predicted octanol–water partition coefficient (Wildman–Crippen LogP) is 2.81. The lowest BCUT2D eigenvalue weighted by Gasteiger charge is -2.38. The van der Waals surface area contributed by atoms with Crippen LogP contribution in [0.2, 0.25) is 5.02 Å². The molecule has 1 aromatic carbocycles. The third-order valence-electron chi connectivity index (χ3n) is 8.98. The van der Waals surface area contributed by atoms with Crippen LogP contribution in [0.15, 0.2) is 46.0 Å². The van der Waals surface area contributed by atoms with Crippen LogP contribution in [0.4, 0.5) is 9.18 Å². The molecule has 15 heteroatoms. The minimum atomic E-state index is -0.864. The summed E-state index contributed by atoms with van der Waals surface area (Å²) in [4.78, 5) is 55.8. The number of nitrogens with one attached hydrogen (secondary N) is 1. The molecule has 0 bridgehead atoms. The number of aliphatic carboxylic acids is 1. The molecule has 0 aliphatic carbocycles. The number of aromatic nitrogens is 1. The van der Waals surface area contributed by atoms with Gasteiger partial charge in [0.15, 0.2) is 10.8 Å². The molecule has 1 aromatic heterocycles. The SMILES string of the molecule is COC(=O)C1=C(CN2CCN3C(=O)N(C4CC(C(=O)O)N(C(C)C)C4)CC3C2)NC(c2nccs2)=N[C@H]1c1ccc(F)cc1Cl. The van der Waals surface area contributed by atoms with Crippen molar-refractivity contribution < 1.29 is 28.6 Å². The number of hydrogen-bond donors (Lipinski definition) is 2. The summed E-state index contributed by atoms with van der Waals surface area (Å²) in [5.41, 5.74) is 1.28. The number of nitrogens with zero attached hydrogens (tertiary/aromatic N) is 6. The Morgan fingerprint density at radius 2 is 2.00 bits per heavy atom. The number of thiazole rings is 1. The van der Waals surface area contributed by atoms with E-state index in [4.69, 9.17) is 21.3 Å². The number of amides is 2. The second kappa shape index (κ2) is 12.7. The average Bonchev–Trinajstić information content (AvgIpc) is 3.76. The quantitative estimate of drug-likeness (QED) is 0.411. The zero-order valence-electron chi connectivity index (χ0n) is 25.2. The van der Waals surface area contributed by atoms with Crippen molar-refractivity contribution in [2.75, 3.05) is 46.4 Å². The number of carbonyl (C=O) groups is 3. The van der Waals surface area contributed by atoms with E-state index in [0.717, 1.165) is 0 Å². The largest absolute Gasteiger partial charge is 0.480 e. The van der Waals surface area contributed by atoms with Crippen LogP contribution in [0.5, 0.6) is 0 Å². The molecule has 0 saturated carbocycles. The first kappa shape index (κ1) is 31.4. The molecule has 2 amide bonds. The maximum atomic E-state index is 14.0. The summed E-state index contributed by atoms with van der Waals surface area (Å²) in [6, 6.07) is 2.24. The standard InChI is InChI=1S/C30H35ClFN7O5S/c1-16(2)38-13-18(11-23(38)28(40)41)39-14-19-12-36(7-8-37(19)30(39)43)15-22-24(29(42)44-3)25(20-5-4-17(32)10-21(20)31)35-26(34-22)27-33-6-9-45-27/h4-6,9-10,16,18-19,23,25H,7-8,11-15H2,1-3H3,(H,34,35)(H,40,41)/t18?,19?,23?,25-/m0/s1. The number of carbonyl (C=O) groups excluding carboxylic acids is 2. The highest BCUT2D eigenvalue weighted by molar-refractivity contribution is 7.11. The highest BCUT2D eigenvalue weighted by atomic mass is 35.5. The van der Waals surface area contributed by atoms with E-state index in [1.54, 1.807) is 6.20 Å². The van der Waals surface area contributed by atoms with Gasteiger partial charge in [0.05, 0.1) is 18.7 Å². The topological polar surface area (TPSA) is 131 Å². The van der Waals surface area contributed by atoms with E-state index in [-0.39, 0.29) is 34.8 Å². The number of fused-ring (bicyclic) bond motifs is 1. The molecular formula is C30H35ClFN7O5S. The molecule has 3 saturated heterocycles. The van der Waals surface area contributed by atoms with Gasteiger partial charge in [-0.1, -0.05) is 17.7 Å². The van der Waals surface area contributed by atoms with Crippen molar-refractivity contribution in [3.8, 4) is 0 Å². The Labute approximate surface area is 269 Å². The van der Waals surface area contributed by atoms with Gasteiger partial charge in [0, 0.05) is 79.2 Å². The first-order valence-corrected chi connectivity index (χ1v) is 16.1. The van der Waals surface area contributed by atoms with E-state index >= 15 is 0 Å². The summed E-state index contributed by atoms with van der Waals surface area (Å²) >= 11 is 7.86. The van der Waals surface area contributed by atoms with E-state index in [1.807, 2.05) is 33.9 Å². The second-order valence-corrected chi connectivity index (χ2v) is 13.2. The molecule has 0 spiro atoms. The van der Waals surface area contributed by atoms with E-state index in [2.05, 4.69) is 15.2 Å². The fourth-order valence-corrected chi connectivity index (χ4v) is 7.67. The summed E-state index contributed by atoms with van der Waals surface area (Å²) in [5, 5.41) is 15.7. The van der Waals surface area contributed by atoms with Gasteiger partial charge >= 0.3 is 18.0 Å². The number of methoxy groups -OCH3 is 1. The molecule has 45 heavy (non-hydrogen) atoms. The highest BCUT2D eigenvalue weighted by Gasteiger charge is 2.48. The highest BCUT2D eigenvalue weighted by Crippen LogP contribution is 2.37. The lowest BCUT2D eigenvalue weighted by molar-refractivity contribution is -0.142. The van der Waals surface area contributed by atoms with Gasteiger partial charge in [-0.2, -0.15) is 0 Å². The molecule has 2 N–H and O–H groups in total. The van der Waals surface area contributed by atoms with Gasteiger partial charge in [0.25, 0.3) is 0 Å². The molecule has 4 atom stereocenters. The van der Waals surface area contributed by atoms with E-state index in [1.165, 1.54) is 36.6 Å². The van der Waals surface area contributed by atoms with Crippen molar-refractivity contribution in [1.29, 1.82) is 0 Å². The number of halogens is 2. The number of amidine groups is 1. The third-order valence-corrected chi connectivity index (χ3v) is 10.1. The van der Waals surface area contributed by atoms with Crippen LogP contribution in [0.1, 0.15) is 36.9 Å². The van der Waals surface area contributed by atoms with Gasteiger partial charge in [-0.05, 0) is 32.4 Å². The fraction of sp³-hybridized carbons (Fsp3) is 0.500. The van der Waals surface area contributed by atoms with Crippen molar-refractivity contribution in [2.45, 2.75) is 50.5 Å². The number of carboxylic acid groups (broad SMARTS) is 1. The van der Waals surface area contributed by atoms with Gasteiger partial charge in [0.2, 0.25) is 0 Å². The third kappa shape index (κ3) is 6.03. The van der Waals surface area contributed by atoms with Crippen LogP contribution in [0.3, 0.4) is 0 Å². The molecule has 12 nitrogen and oxygen atoms in total. The number of rotatable bonds is 8. The van der Waals surface area contributed by atoms with Crippen molar-refractivity contribution in [3.63, 3.8) is 0 Å². The molecule has 240 valence electrons. The first-order chi connectivity index (χ1) is 21.5. The smallest absolute Gasteiger partial charge is 0.338 e. The Kier molecular flexibility index (Phi) is 8.83. The van der Waals surface area contributed by atoms with Crippen LogP contribution in [-0.4, -0.2) is 124 Å². The second-order valence-electron chi connectivity index (χ2n) is 11.9. The Morgan fingerprint density at radius 1 is 1.20 bits per heavy atom. The van der Waals surface area contributed by atoms with Crippen molar-refractivity contribution >= 4 is 46.7 Å². The molecule has 6 rings (SSSR count). The molecule has 2 aromatic rings. The number of ether oxygens (including phenoxy) is 1. The molecule has 4 aliphatic rings. The maximum Gasteiger partial charge on any atom is 0.338 e. The van der Waals surface area contributed by atoms with Crippen LogP contribution in [0.25, 0.3) is 0 Å². The van der Waals surface area contributed by atoms with Crippen molar-refractivity contribution in [2.24, 2.45) is 4.99 Å². The summed E-state index contributed by atoms with van der Waals surface area (Å²) < 4.78 is 19.2. The number of esters is 1. The first-order valence-electron chi connectivity index (χ1n) is 14.8. The lowest BCUT2D eigenvalue weighted by atomic mass is 9.95.